The number of ether oxygens (including phenoxy) is 1. The lowest BCUT2D eigenvalue weighted by atomic mass is 10.3. The third-order valence-electron chi connectivity index (χ3n) is 3.40. The van der Waals surface area contributed by atoms with Crippen LogP contribution in [0.5, 0.6) is 0 Å². The van der Waals surface area contributed by atoms with Crippen LogP contribution in [0.25, 0.3) is 11.1 Å². The average Bonchev–Trinajstić information content (AvgIpc) is 2.95. The molecule has 1 aromatic heterocycles. The smallest absolute Gasteiger partial charge is 0.208 e. The first-order valence-electron chi connectivity index (χ1n) is 6.28. The zero-order chi connectivity index (χ0) is 13.4. The first-order chi connectivity index (χ1) is 9.15. The number of nitrogens with two attached hydrogens (primary N) is 1. The van der Waals surface area contributed by atoms with Crippen LogP contribution in [0, 0.1) is 0 Å². The molecule has 0 saturated carbocycles. The third kappa shape index (κ3) is 2.37. The Morgan fingerprint density at radius 2 is 2.37 bits per heavy atom. The number of nitrogens with zero attached hydrogens (tertiary/aromatic N) is 1. The van der Waals surface area contributed by atoms with Gasteiger partial charge in [0.05, 0.1) is 17.0 Å². The number of fused-ring (bicyclic) bond motifs is 1. The Bertz CT molecular complexity index is 625. The minimum absolute atomic E-state index is 0.0373. The van der Waals surface area contributed by atoms with E-state index in [1.165, 1.54) is 0 Å². The quantitative estimate of drug-likeness (QED) is 0.868. The lowest BCUT2D eigenvalue weighted by Crippen LogP contribution is -2.24. The van der Waals surface area contributed by atoms with E-state index in [0.29, 0.717) is 35.0 Å². The second-order valence-electron chi connectivity index (χ2n) is 4.73. The number of anilines is 1. The van der Waals surface area contributed by atoms with Gasteiger partial charge in [-0.3, -0.25) is 4.21 Å². The fraction of sp³-hybridized carbons (Fsp3) is 0.462. The van der Waals surface area contributed by atoms with Crippen molar-refractivity contribution in [1.82, 2.24) is 4.98 Å². The normalized spacial score (nSPS) is 24.9. The van der Waals surface area contributed by atoms with Crippen molar-refractivity contribution in [3.8, 4) is 0 Å². The highest BCUT2D eigenvalue weighted by Gasteiger charge is 2.30. The molecule has 3 unspecified atom stereocenters. The molecule has 2 heterocycles. The van der Waals surface area contributed by atoms with Gasteiger partial charge in [0.15, 0.2) is 5.58 Å². The maximum Gasteiger partial charge on any atom is 0.208 e. The highest BCUT2D eigenvalue weighted by atomic mass is 32.2. The van der Waals surface area contributed by atoms with Gasteiger partial charge in [0.25, 0.3) is 0 Å². The second-order valence-corrected chi connectivity index (χ2v) is 6.39. The van der Waals surface area contributed by atoms with Crippen molar-refractivity contribution < 1.29 is 13.4 Å². The highest BCUT2D eigenvalue weighted by molar-refractivity contribution is 7.84. The molecule has 1 aliphatic rings. The fourth-order valence-corrected chi connectivity index (χ4v) is 3.81. The predicted octanol–water partition coefficient (Wildman–Crippen LogP) is 1.84. The summed E-state index contributed by atoms with van der Waals surface area (Å²) in [6.45, 7) is 2.64. The molecule has 102 valence electrons. The van der Waals surface area contributed by atoms with Crippen molar-refractivity contribution in [1.29, 1.82) is 0 Å². The van der Waals surface area contributed by atoms with Gasteiger partial charge >= 0.3 is 0 Å². The molecular formula is C13H16N2O3S. The van der Waals surface area contributed by atoms with Crippen molar-refractivity contribution >= 4 is 27.6 Å². The zero-order valence-corrected chi connectivity index (χ0v) is 11.5. The number of hydrogen-bond acceptors (Lipinski definition) is 5. The Balaban J connectivity index is 1.81. The van der Waals surface area contributed by atoms with Gasteiger partial charge in [-0.05, 0) is 25.5 Å². The molecule has 1 aliphatic heterocycles. The van der Waals surface area contributed by atoms with Gasteiger partial charge in [0.2, 0.25) is 5.89 Å². The summed E-state index contributed by atoms with van der Waals surface area (Å²) in [7, 11) is -1.03. The average molecular weight is 280 g/mol. The second kappa shape index (κ2) is 4.94. The van der Waals surface area contributed by atoms with E-state index in [9.17, 15) is 4.21 Å². The molecule has 6 heteroatoms. The van der Waals surface area contributed by atoms with Crippen LogP contribution < -0.4 is 5.73 Å². The summed E-state index contributed by atoms with van der Waals surface area (Å²) in [4.78, 5) is 4.32. The van der Waals surface area contributed by atoms with Crippen molar-refractivity contribution in [3.63, 3.8) is 0 Å². The largest absolute Gasteiger partial charge is 0.440 e. The van der Waals surface area contributed by atoms with Crippen LogP contribution in [-0.4, -0.2) is 27.2 Å². The molecule has 1 saturated heterocycles. The van der Waals surface area contributed by atoms with Crippen molar-refractivity contribution in [2.45, 2.75) is 30.5 Å². The maximum atomic E-state index is 12.3. The Labute approximate surface area is 113 Å². The van der Waals surface area contributed by atoms with E-state index in [-0.39, 0.29) is 11.4 Å². The van der Waals surface area contributed by atoms with Gasteiger partial charge in [-0.15, -0.1) is 0 Å². The Kier molecular flexibility index (Phi) is 3.28. The summed E-state index contributed by atoms with van der Waals surface area (Å²) in [6, 6.07) is 5.40. The molecule has 0 radical (unpaired) electrons. The van der Waals surface area contributed by atoms with Crippen molar-refractivity contribution in [3.05, 3.63) is 24.1 Å². The Morgan fingerprint density at radius 1 is 1.53 bits per heavy atom. The maximum absolute atomic E-state index is 12.3. The molecule has 0 aliphatic carbocycles. The van der Waals surface area contributed by atoms with Crippen LogP contribution in [0.1, 0.15) is 19.2 Å². The van der Waals surface area contributed by atoms with E-state index in [2.05, 4.69) is 4.98 Å². The van der Waals surface area contributed by atoms with Gasteiger partial charge in [0, 0.05) is 17.4 Å². The minimum atomic E-state index is -1.03. The Hall–Kier alpha value is -1.40. The van der Waals surface area contributed by atoms with Gasteiger partial charge in [-0.1, -0.05) is 6.07 Å². The van der Waals surface area contributed by atoms with Crippen LogP contribution in [0.3, 0.4) is 0 Å². The third-order valence-corrected chi connectivity index (χ3v) is 5.23. The molecule has 19 heavy (non-hydrogen) atoms. The van der Waals surface area contributed by atoms with Gasteiger partial charge < -0.3 is 14.9 Å². The van der Waals surface area contributed by atoms with Crippen LogP contribution in [-0.2, 0) is 21.3 Å². The summed E-state index contributed by atoms with van der Waals surface area (Å²) >= 11 is 0. The number of rotatable bonds is 3. The standard InChI is InChI=1S/C13H16N2O3S/c1-8-11(5-6-17-8)19(16)7-12-15-13-9(14)3-2-4-10(13)18-12/h2-4,8,11H,5-7,14H2,1H3. The predicted molar refractivity (Wildman–Crippen MR) is 74.1 cm³/mol. The Morgan fingerprint density at radius 3 is 3.05 bits per heavy atom. The molecule has 3 atom stereocenters. The molecule has 5 nitrogen and oxygen atoms in total. The molecule has 2 N–H and O–H groups in total. The van der Waals surface area contributed by atoms with E-state index in [0.717, 1.165) is 6.42 Å². The fourth-order valence-electron chi connectivity index (χ4n) is 2.36. The van der Waals surface area contributed by atoms with Crippen LogP contribution in [0.4, 0.5) is 5.69 Å². The van der Waals surface area contributed by atoms with Crippen LogP contribution in [0.15, 0.2) is 22.6 Å². The number of hydrogen-bond donors (Lipinski definition) is 1. The molecule has 1 aromatic carbocycles. The SMILES string of the molecule is CC1OCCC1S(=O)Cc1nc2c(N)cccc2o1. The van der Waals surface area contributed by atoms with Gasteiger partial charge in [-0.2, -0.15) is 0 Å². The van der Waals surface area contributed by atoms with E-state index in [1.54, 1.807) is 6.07 Å². The number of nitrogen functional groups attached to an aromatic ring is 1. The van der Waals surface area contributed by atoms with E-state index in [4.69, 9.17) is 14.9 Å². The first kappa shape index (κ1) is 12.6. The number of benzene rings is 1. The van der Waals surface area contributed by atoms with E-state index >= 15 is 0 Å². The number of para-hydroxylation sites is 1. The molecule has 0 spiro atoms. The molecule has 0 bridgehead atoms. The van der Waals surface area contributed by atoms with Crippen molar-refractivity contribution in [2.75, 3.05) is 12.3 Å². The molecular weight excluding hydrogens is 264 g/mol. The number of aromatic nitrogens is 1. The highest BCUT2D eigenvalue weighted by Crippen LogP contribution is 2.24. The topological polar surface area (TPSA) is 78.3 Å². The van der Waals surface area contributed by atoms with Crippen LogP contribution in [0.2, 0.25) is 0 Å². The van der Waals surface area contributed by atoms with Gasteiger partial charge in [-0.25, -0.2) is 4.98 Å². The summed E-state index contributed by atoms with van der Waals surface area (Å²) in [6.07, 6.45) is 0.867. The van der Waals surface area contributed by atoms with E-state index in [1.807, 2.05) is 19.1 Å². The molecule has 2 aromatic rings. The summed E-state index contributed by atoms with van der Waals surface area (Å²) in [5.74, 6) is 0.789. The molecule has 3 rings (SSSR count). The molecule has 0 amide bonds. The van der Waals surface area contributed by atoms with Gasteiger partial charge in [0.1, 0.15) is 11.3 Å². The number of oxazole rings is 1. The lowest BCUT2D eigenvalue weighted by molar-refractivity contribution is 0.127. The van der Waals surface area contributed by atoms with E-state index < -0.39 is 10.8 Å². The summed E-state index contributed by atoms with van der Waals surface area (Å²) in [5, 5.41) is 0.0624. The first-order valence-corrected chi connectivity index (χ1v) is 7.66. The summed E-state index contributed by atoms with van der Waals surface area (Å²) < 4.78 is 23.3. The minimum Gasteiger partial charge on any atom is -0.440 e. The lowest BCUT2D eigenvalue weighted by Gasteiger charge is -2.11. The summed E-state index contributed by atoms with van der Waals surface area (Å²) in [5.41, 5.74) is 7.69. The zero-order valence-electron chi connectivity index (χ0n) is 10.7. The van der Waals surface area contributed by atoms with Crippen LogP contribution >= 0.6 is 0 Å². The monoisotopic (exact) mass is 280 g/mol. The van der Waals surface area contributed by atoms with Crippen molar-refractivity contribution in [2.24, 2.45) is 0 Å². The molecule has 1 fully saturated rings.